The number of amides is 1. The van der Waals surface area contributed by atoms with E-state index in [1.165, 1.54) is 12.4 Å². The van der Waals surface area contributed by atoms with Gasteiger partial charge in [-0.3, -0.25) is 14.8 Å². The van der Waals surface area contributed by atoms with E-state index in [2.05, 4.69) is 15.3 Å². The molecule has 0 aliphatic carbocycles. The van der Waals surface area contributed by atoms with Crippen molar-refractivity contribution >= 4 is 23.5 Å². The standard InChI is InChI=1S/C22H24FNO2.C8H15N3O/c1-6-15-7-10-19(14(2)21(15)23)26-20-11-12-24-18-9-8-16(13-17(18)20)22(3,4)25-5;1-8(2,3)11-5-7(4-9)10-6-12/h7-13H,6H2,1-5H3;4-6H,9H2,1-3H3,(H,10,12)/b;7-4+,11-5?. The first-order chi connectivity index (χ1) is 17.9. The maximum Gasteiger partial charge on any atom is 0.211 e. The van der Waals surface area contributed by atoms with Gasteiger partial charge in [0.15, 0.2) is 0 Å². The van der Waals surface area contributed by atoms with Gasteiger partial charge in [0.05, 0.1) is 22.4 Å². The van der Waals surface area contributed by atoms with E-state index in [-0.39, 0.29) is 11.4 Å². The summed E-state index contributed by atoms with van der Waals surface area (Å²) in [6.07, 6.45) is 5.75. The molecular weight excluding hydrogens is 483 g/mol. The third-order valence-electron chi connectivity index (χ3n) is 5.92. The van der Waals surface area contributed by atoms with E-state index < -0.39 is 5.60 Å². The normalized spacial score (nSPS) is 12.3. The Morgan fingerprint density at radius 1 is 1.13 bits per heavy atom. The Kier molecular flexibility index (Phi) is 10.5. The van der Waals surface area contributed by atoms with Gasteiger partial charge in [-0.15, -0.1) is 0 Å². The second kappa shape index (κ2) is 13.1. The zero-order valence-corrected chi connectivity index (χ0v) is 23.6. The number of pyridine rings is 1. The van der Waals surface area contributed by atoms with E-state index >= 15 is 0 Å². The molecule has 2 aromatic carbocycles. The molecule has 0 saturated carbocycles. The minimum absolute atomic E-state index is 0.154. The van der Waals surface area contributed by atoms with Crippen LogP contribution in [-0.4, -0.2) is 30.3 Å². The van der Waals surface area contributed by atoms with Crippen LogP contribution in [0.3, 0.4) is 0 Å². The van der Waals surface area contributed by atoms with Crippen molar-refractivity contribution in [3.05, 3.63) is 77.0 Å². The van der Waals surface area contributed by atoms with Crippen LogP contribution in [0.2, 0.25) is 0 Å². The van der Waals surface area contributed by atoms with Crippen molar-refractivity contribution in [1.29, 1.82) is 0 Å². The first-order valence-electron chi connectivity index (χ1n) is 12.4. The Bertz CT molecular complexity index is 1310. The summed E-state index contributed by atoms with van der Waals surface area (Å²) < 4.78 is 26.1. The SMILES string of the molecule is CC(C)(C)N=C/C(=C\N)NC=O.CCc1ccc(Oc2ccnc3ccc(C(C)(C)OC)cc23)c(C)c1F. The van der Waals surface area contributed by atoms with E-state index in [0.717, 1.165) is 16.5 Å². The lowest BCUT2D eigenvalue weighted by atomic mass is 9.96. The topological polar surface area (TPSA) is 98.8 Å². The van der Waals surface area contributed by atoms with Crippen LogP contribution in [0.1, 0.15) is 58.2 Å². The molecular formula is C30H39FN4O3. The molecule has 38 heavy (non-hydrogen) atoms. The molecule has 204 valence electrons. The van der Waals surface area contributed by atoms with Crippen molar-refractivity contribution in [2.75, 3.05) is 7.11 Å². The number of aryl methyl sites for hydroxylation is 1. The smallest absolute Gasteiger partial charge is 0.211 e. The van der Waals surface area contributed by atoms with Crippen molar-refractivity contribution in [3.63, 3.8) is 0 Å². The molecule has 0 aliphatic heterocycles. The molecule has 0 atom stereocenters. The van der Waals surface area contributed by atoms with Crippen LogP contribution in [0.25, 0.3) is 10.9 Å². The Labute approximate surface area is 225 Å². The van der Waals surface area contributed by atoms with Crippen molar-refractivity contribution in [3.8, 4) is 11.5 Å². The predicted octanol–water partition coefficient (Wildman–Crippen LogP) is 6.32. The molecule has 3 rings (SSSR count). The molecule has 0 aliphatic rings. The van der Waals surface area contributed by atoms with Gasteiger partial charge in [0.2, 0.25) is 6.41 Å². The zero-order chi connectivity index (χ0) is 28.5. The Morgan fingerprint density at radius 3 is 2.42 bits per heavy atom. The lowest BCUT2D eigenvalue weighted by Gasteiger charge is -2.24. The lowest BCUT2D eigenvalue weighted by Crippen LogP contribution is -2.19. The summed E-state index contributed by atoms with van der Waals surface area (Å²) in [7, 11) is 1.69. The number of fused-ring (bicyclic) bond motifs is 1. The van der Waals surface area contributed by atoms with Crippen molar-refractivity contribution in [1.82, 2.24) is 10.3 Å². The monoisotopic (exact) mass is 522 g/mol. The number of carbonyl (C=O) groups is 1. The van der Waals surface area contributed by atoms with E-state index in [9.17, 15) is 9.18 Å². The summed E-state index contributed by atoms with van der Waals surface area (Å²) >= 11 is 0. The van der Waals surface area contributed by atoms with Gasteiger partial charge in [0, 0.05) is 36.7 Å². The molecule has 0 fully saturated rings. The quantitative estimate of drug-likeness (QED) is 0.266. The number of hydrogen-bond donors (Lipinski definition) is 2. The molecule has 0 saturated heterocycles. The minimum atomic E-state index is -0.425. The van der Waals surface area contributed by atoms with Crippen LogP contribution in [0, 0.1) is 12.7 Å². The molecule has 0 unspecified atom stereocenters. The highest BCUT2D eigenvalue weighted by Crippen LogP contribution is 2.35. The van der Waals surface area contributed by atoms with Crippen LogP contribution < -0.4 is 15.8 Å². The third kappa shape index (κ3) is 8.11. The summed E-state index contributed by atoms with van der Waals surface area (Å²) in [5.41, 5.74) is 8.19. The number of ether oxygens (including phenoxy) is 2. The fraction of sp³-hybridized carbons (Fsp3) is 0.367. The molecule has 0 spiro atoms. The van der Waals surface area contributed by atoms with E-state index in [1.807, 2.05) is 65.8 Å². The van der Waals surface area contributed by atoms with Crippen LogP contribution in [0.5, 0.6) is 11.5 Å². The maximum atomic E-state index is 14.4. The number of allylic oxidation sites excluding steroid dienone is 1. The number of hydrogen-bond acceptors (Lipinski definition) is 6. The summed E-state index contributed by atoms with van der Waals surface area (Å²) in [6, 6.07) is 11.4. The molecule has 3 N–H and O–H groups in total. The van der Waals surface area contributed by atoms with Gasteiger partial charge >= 0.3 is 0 Å². The molecule has 7 nitrogen and oxygen atoms in total. The van der Waals surface area contributed by atoms with Crippen molar-refractivity contribution in [2.45, 2.75) is 66.0 Å². The van der Waals surface area contributed by atoms with Gasteiger partial charge in [-0.05, 0) is 83.4 Å². The minimum Gasteiger partial charge on any atom is -0.456 e. The van der Waals surface area contributed by atoms with Crippen LogP contribution >= 0.6 is 0 Å². The lowest BCUT2D eigenvalue weighted by molar-refractivity contribution is -0.108. The second-order valence-electron chi connectivity index (χ2n) is 10.2. The Morgan fingerprint density at radius 2 is 1.84 bits per heavy atom. The number of benzene rings is 2. The molecule has 0 radical (unpaired) electrons. The highest BCUT2D eigenvalue weighted by Gasteiger charge is 2.21. The molecule has 3 aromatic rings. The molecule has 1 aromatic heterocycles. The molecule has 1 heterocycles. The molecule has 8 heteroatoms. The average Bonchev–Trinajstić information content (AvgIpc) is 2.89. The number of aromatic nitrogens is 1. The number of rotatable bonds is 8. The number of halogens is 1. The van der Waals surface area contributed by atoms with Crippen LogP contribution in [-0.2, 0) is 21.6 Å². The number of carbonyl (C=O) groups excluding carboxylic acids is 1. The Hall–Kier alpha value is -3.78. The summed E-state index contributed by atoms with van der Waals surface area (Å²) in [4.78, 5) is 18.6. The van der Waals surface area contributed by atoms with Crippen LogP contribution in [0.15, 0.2) is 59.5 Å². The fourth-order valence-electron chi connectivity index (χ4n) is 3.39. The van der Waals surface area contributed by atoms with Gasteiger partial charge in [-0.2, -0.15) is 0 Å². The average molecular weight is 523 g/mol. The largest absolute Gasteiger partial charge is 0.456 e. The zero-order valence-electron chi connectivity index (χ0n) is 23.6. The van der Waals surface area contributed by atoms with Crippen LogP contribution in [0.4, 0.5) is 4.39 Å². The van der Waals surface area contributed by atoms with Gasteiger partial charge in [-0.25, -0.2) is 4.39 Å². The number of methoxy groups -OCH3 is 1. The first-order valence-corrected chi connectivity index (χ1v) is 12.4. The molecule has 1 amide bonds. The number of nitrogens with two attached hydrogens (primary N) is 1. The number of aliphatic imine (C=N–C) groups is 1. The summed E-state index contributed by atoms with van der Waals surface area (Å²) in [5.74, 6) is 0.962. The Balaban J connectivity index is 0.000000358. The number of nitrogens with one attached hydrogen (secondary N) is 1. The highest BCUT2D eigenvalue weighted by molar-refractivity contribution is 5.86. The summed E-state index contributed by atoms with van der Waals surface area (Å²) in [6.45, 7) is 13.6. The van der Waals surface area contributed by atoms with E-state index in [1.54, 1.807) is 32.4 Å². The van der Waals surface area contributed by atoms with Gasteiger partial charge in [0.25, 0.3) is 0 Å². The third-order valence-corrected chi connectivity index (χ3v) is 5.92. The first kappa shape index (κ1) is 30.4. The van der Waals surface area contributed by atoms with E-state index in [4.69, 9.17) is 15.2 Å². The highest BCUT2D eigenvalue weighted by atomic mass is 19.1. The molecule has 0 bridgehead atoms. The maximum absolute atomic E-state index is 14.4. The van der Waals surface area contributed by atoms with Gasteiger partial charge < -0.3 is 20.5 Å². The predicted molar refractivity (Wildman–Crippen MR) is 152 cm³/mol. The van der Waals surface area contributed by atoms with Gasteiger partial charge in [-0.1, -0.05) is 19.1 Å². The van der Waals surface area contributed by atoms with Crippen molar-refractivity contribution < 1.29 is 18.7 Å². The summed E-state index contributed by atoms with van der Waals surface area (Å²) in [5, 5.41) is 3.28. The number of nitrogens with zero attached hydrogens (tertiary/aromatic N) is 2. The second-order valence-corrected chi connectivity index (χ2v) is 10.2. The fourth-order valence-corrected chi connectivity index (χ4v) is 3.39. The van der Waals surface area contributed by atoms with Crippen molar-refractivity contribution in [2.24, 2.45) is 10.7 Å². The van der Waals surface area contributed by atoms with Gasteiger partial charge in [0.1, 0.15) is 17.3 Å². The van der Waals surface area contributed by atoms with E-state index in [0.29, 0.717) is 41.2 Å².